The summed E-state index contributed by atoms with van der Waals surface area (Å²) in [5.74, 6) is 1.01. The molecule has 1 aromatic heterocycles. The summed E-state index contributed by atoms with van der Waals surface area (Å²) in [7, 11) is 0. The van der Waals surface area contributed by atoms with Crippen LogP contribution in [0.2, 0.25) is 0 Å². The van der Waals surface area contributed by atoms with Gasteiger partial charge in [-0.25, -0.2) is 9.97 Å². The molecule has 0 atom stereocenters. The lowest BCUT2D eigenvalue weighted by Gasteiger charge is -2.12. The molecule has 0 aliphatic heterocycles. The van der Waals surface area contributed by atoms with E-state index >= 15 is 0 Å². The van der Waals surface area contributed by atoms with Crippen LogP contribution < -0.4 is 4.74 Å². The predicted molar refractivity (Wildman–Crippen MR) is 98.8 cm³/mol. The standard InChI is InChI=1S/C21H19F3N2O2/c1-14-3-2-4-18(11-14)28-13-16-12-25-20(26-19(16)9-10-27)15-5-7-17(8-6-15)21(22,23)24/h2-8,11-12,27H,9-10,13H2,1H3. The highest BCUT2D eigenvalue weighted by Crippen LogP contribution is 2.30. The Morgan fingerprint density at radius 2 is 1.82 bits per heavy atom. The van der Waals surface area contributed by atoms with E-state index in [2.05, 4.69) is 9.97 Å². The second-order valence-electron chi connectivity index (χ2n) is 6.32. The first-order valence-electron chi connectivity index (χ1n) is 8.69. The van der Waals surface area contributed by atoms with E-state index in [1.807, 2.05) is 31.2 Å². The third-order valence-corrected chi connectivity index (χ3v) is 4.16. The van der Waals surface area contributed by atoms with Crippen molar-refractivity contribution in [3.8, 4) is 17.1 Å². The highest BCUT2D eigenvalue weighted by atomic mass is 19.4. The molecule has 0 spiro atoms. The number of aromatic nitrogens is 2. The van der Waals surface area contributed by atoms with Gasteiger partial charge >= 0.3 is 6.18 Å². The molecule has 0 aliphatic carbocycles. The smallest absolute Gasteiger partial charge is 0.416 e. The zero-order chi connectivity index (χ0) is 20.1. The van der Waals surface area contributed by atoms with Gasteiger partial charge in [0.05, 0.1) is 11.3 Å². The molecule has 7 heteroatoms. The molecule has 2 aromatic carbocycles. The van der Waals surface area contributed by atoms with Gasteiger partial charge in [0.1, 0.15) is 12.4 Å². The summed E-state index contributed by atoms with van der Waals surface area (Å²) >= 11 is 0. The predicted octanol–water partition coefficient (Wildman–Crippen LogP) is 4.58. The van der Waals surface area contributed by atoms with E-state index in [1.165, 1.54) is 12.1 Å². The normalized spacial score (nSPS) is 11.5. The van der Waals surface area contributed by atoms with Crippen molar-refractivity contribution in [2.45, 2.75) is 26.1 Å². The fraction of sp³-hybridized carbons (Fsp3) is 0.238. The Balaban J connectivity index is 1.82. The van der Waals surface area contributed by atoms with E-state index in [9.17, 15) is 18.3 Å². The van der Waals surface area contributed by atoms with Gasteiger partial charge < -0.3 is 9.84 Å². The fourth-order valence-corrected chi connectivity index (χ4v) is 2.70. The molecule has 0 bridgehead atoms. The second-order valence-corrected chi connectivity index (χ2v) is 6.32. The van der Waals surface area contributed by atoms with Gasteiger partial charge in [-0.3, -0.25) is 0 Å². The Morgan fingerprint density at radius 1 is 1.07 bits per heavy atom. The summed E-state index contributed by atoms with van der Waals surface area (Å²) in [6, 6.07) is 12.3. The largest absolute Gasteiger partial charge is 0.489 e. The van der Waals surface area contributed by atoms with E-state index in [1.54, 1.807) is 6.20 Å². The van der Waals surface area contributed by atoms with Crippen molar-refractivity contribution in [2.24, 2.45) is 0 Å². The minimum atomic E-state index is -4.39. The Bertz CT molecular complexity index is 941. The molecule has 0 unspecified atom stereocenters. The summed E-state index contributed by atoms with van der Waals surface area (Å²) in [6.07, 6.45) is -2.51. The van der Waals surface area contributed by atoms with E-state index in [0.717, 1.165) is 17.7 Å². The lowest BCUT2D eigenvalue weighted by Crippen LogP contribution is -2.08. The van der Waals surface area contributed by atoms with Crippen molar-refractivity contribution in [1.29, 1.82) is 0 Å². The number of hydrogen-bond acceptors (Lipinski definition) is 4. The summed E-state index contributed by atoms with van der Waals surface area (Å²) in [4.78, 5) is 8.68. The van der Waals surface area contributed by atoms with Gasteiger partial charge in [-0.1, -0.05) is 24.3 Å². The Kier molecular flexibility index (Phi) is 5.94. The maximum atomic E-state index is 12.7. The summed E-state index contributed by atoms with van der Waals surface area (Å²) in [5.41, 5.74) is 2.13. The van der Waals surface area contributed by atoms with E-state index in [-0.39, 0.29) is 13.2 Å². The molecule has 146 valence electrons. The zero-order valence-electron chi connectivity index (χ0n) is 15.2. The van der Waals surface area contributed by atoms with Crippen LogP contribution in [0.4, 0.5) is 13.2 Å². The van der Waals surface area contributed by atoms with Crippen LogP contribution in [0.5, 0.6) is 5.75 Å². The topological polar surface area (TPSA) is 55.2 Å². The van der Waals surface area contributed by atoms with Gasteiger partial charge in [-0.15, -0.1) is 0 Å². The molecule has 0 saturated heterocycles. The average Bonchev–Trinajstić information content (AvgIpc) is 2.67. The Morgan fingerprint density at radius 3 is 2.46 bits per heavy atom. The van der Waals surface area contributed by atoms with Crippen molar-refractivity contribution < 1.29 is 23.0 Å². The molecule has 1 heterocycles. The van der Waals surface area contributed by atoms with Gasteiger partial charge in [0.2, 0.25) is 0 Å². The molecule has 0 radical (unpaired) electrons. The van der Waals surface area contributed by atoms with E-state index in [4.69, 9.17) is 4.74 Å². The highest BCUT2D eigenvalue weighted by molar-refractivity contribution is 5.56. The fourth-order valence-electron chi connectivity index (χ4n) is 2.70. The van der Waals surface area contributed by atoms with Crippen LogP contribution in [0.1, 0.15) is 22.4 Å². The average molecular weight is 388 g/mol. The van der Waals surface area contributed by atoms with Gasteiger partial charge in [0.25, 0.3) is 0 Å². The molecular weight excluding hydrogens is 369 g/mol. The number of halogens is 3. The molecule has 0 aliphatic rings. The minimum Gasteiger partial charge on any atom is -0.489 e. The van der Waals surface area contributed by atoms with Crippen LogP contribution in [0.25, 0.3) is 11.4 Å². The first kappa shape index (κ1) is 19.8. The molecule has 4 nitrogen and oxygen atoms in total. The first-order valence-corrected chi connectivity index (χ1v) is 8.69. The van der Waals surface area contributed by atoms with Crippen molar-refractivity contribution >= 4 is 0 Å². The molecular formula is C21H19F3N2O2. The van der Waals surface area contributed by atoms with E-state index < -0.39 is 11.7 Å². The number of nitrogens with zero attached hydrogens (tertiary/aromatic N) is 2. The lowest BCUT2D eigenvalue weighted by atomic mass is 10.1. The summed E-state index contributed by atoms with van der Waals surface area (Å²) < 4.78 is 43.9. The number of aliphatic hydroxyl groups excluding tert-OH is 1. The van der Waals surface area contributed by atoms with Crippen LogP contribution in [-0.2, 0) is 19.2 Å². The van der Waals surface area contributed by atoms with Crippen LogP contribution in [0, 0.1) is 6.92 Å². The molecule has 0 fully saturated rings. The molecule has 1 N–H and O–H groups in total. The van der Waals surface area contributed by atoms with Gasteiger partial charge in [0.15, 0.2) is 5.82 Å². The van der Waals surface area contributed by atoms with Crippen LogP contribution >= 0.6 is 0 Å². The number of hydrogen-bond donors (Lipinski definition) is 1. The van der Waals surface area contributed by atoms with Crippen molar-refractivity contribution in [3.63, 3.8) is 0 Å². The number of aliphatic hydroxyl groups is 1. The molecule has 0 saturated carbocycles. The number of aryl methyl sites for hydroxylation is 1. The summed E-state index contributed by atoms with van der Waals surface area (Å²) in [5, 5.41) is 9.33. The van der Waals surface area contributed by atoms with Crippen molar-refractivity contribution in [3.05, 3.63) is 77.1 Å². The van der Waals surface area contributed by atoms with Gasteiger partial charge in [-0.2, -0.15) is 13.2 Å². The quantitative estimate of drug-likeness (QED) is 0.671. The number of ether oxygens (including phenoxy) is 1. The lowest BCUT2D eigenvalue weighted by molar-refractivity contribution is -0.137. The van der Waals surface area contributed by atoms with Crippen molar-refractivity contribution in [2.75, 3.05) is 6.61 Å². The Labute approximate surface area is 160 Å². The van der Waals surface area contributed by atoms with E-state index in [0.29, 0.717) is 34.8 Å². The molecule has 0 amide bonds. The zero-order valence-corrected chi connectivity index (χ0v) is 15.2. The SMILES string of the molecule is Cc1cccc(OCc2cnc(-c3ccc(C(F)(F)F)cc3)nc2CCO)c1. The van der Waals surface area contributed by atoms with Crippen LogP contribution in [-0.4, -0.2) is 21.7 Å². The van der Waals surface area contributed by atoms with Gasteiger partial charge in [-0.05, 0) is 36.8 Å². The van der Waals surface area contributed by atoms with Crippen molar-refractivity contribution in [1.82, 2.24) is 9.97 Å². The number of benzene rings is 2. The minimum absolute atomic E-state index is 0.110. The van der Waals surface area contributed by atoms with Crippen LogP contribution in [0.15, 0.2) is 54.7 Å². The number of alkyl halides is 3. The number of rotatable bonds is 6. The van der Waals surface area contributed by atoms with Gasteiger partial charge in [0, 0.05) is 30.4 Å². The maximum Gasteiger partial charge on any atom is 0.416 e. The second kappa shape index (κ2) is 8.39. The maximum absolute atomic E-state index is 12.7. The first-order chi connectivity index (χ1) is 13.4. The third-order valence-electron chi connectivity index (χ3n) is 4.16. The molecule has 3 rings (SSSR count). The molecule has 28 heavy (non-hydrogen) atoms. The van der Waals surface area contributed by atoms with Crippen LogP contribution in [0.3, 0.4) is 0 Å². The summed E-state index contributed by atoms with van der Waals surface area (Å²) in [6.45, 7) is 2.08. The monoisotopic (exact) mass is 388 g/mol. The third kappa shape index (κ3) is 4.86. The Hall–Kier alpha value is -2.93. The molecule has 3 aromatic rings. The highest BCUT2D eigenvalue weighted by Gasteiger charge is 2.30.